The number of carboxylic acid groups (broad SMARTS) is 1. The lowest BCUT2D eigenvalue weighted by Gasteiger charge is -2.37. The maximum absolute atomic E-state index is 10.7. The van der Waals surface area contributed by atoms with Gasteiger partial charge in [-0.1, -0.05) is 0 Å². The van der Waals surface area contributed by atoms with E-state index in [4.69, 9.17) is 5.11 Å². The van der Waals surface area contributed by atoms with Crippen LogP contribution in [-0.2, 0) is 11.2 Å². The Morgan fingerprint density at radius 3 is 3.19 bits per heavy atom. The predicted octanol–water partition coefficient (Wildman–Crippen LogP) is 2.53. The average Bonchev–Trinajstić information content (AvgIpc) is 2.65. The maximum atomic E-state index is 10.7. The Hall–Kier alpha value is -0.870. The van der Waals surface area contributed by atoms with E-state index in [0.29, 0.717) is 6.04 Å². The highest BCUT2D eigenvalue weighted by Crippen LogP contribution is 2.34. The normalized spacial score (nSPS) is 22.8. The van der Waals surface area contributed by atoms with Crippen LogP contribution in [0.25, 0.3) is 0 Å². The quantitative estimate of drug-likeness (QED) is 0.881. The first-order valence-corrected chi connectivity index (χ1v) is 6.51. The van der Waals surface area contributed by atoms with Crippen molar-refractivity contribution in [1.82, 2.24) is 4.90 Å². The lowest BCUT2D eigenvalue weighted by Crippen LogP contribution is -2.40. The maximum Gasteiger partial charge on any atom is 0.304 e. The van der Waals surface area contributed by atoms with E-state index in [-0.39, 0.29) is 12.5 Å². The molecule has 0 fully saturated rings. The number of nitrogens with zero attached hydrogens (tertiary/aromatic N) is 1. The number of aliphatic carboxylic acids is 1. The van der Waals surface area contributed by atoms with Crippen molar-refractivity contribution < 1.29 is 9.90 Å². The Labute approximate surface area is 99.7 Å². The molecule has 2 rings (SSSR count). The third-order valence-corrected chi connectivity index (χ3v) is 4.36. The van der Waals surface area contributed by atoms with Gasteiger partial charge >= 0.3 is 5.97 Å². The van der Waals surface area contributed by atoms with Crippen LogP contribution in [0.3, 0.4) is 0 Å². The summed E-state index contributed by atoms with van der Waals surface area (Å²) in [7, 11) is 0. The Kier molecular flexibility index (Phi) is 3.30. The Morgan fingerprint density at radius 2 is 2.50 bits per heavy atom. The fourth-order valence-electron chi connectivity index (χ4n) is 2.50. The number of fused-ring (bicyclic) bond motifs is 1. The van der Waals surface area contributed by atoms with Crippen molar-refractivity contribution in [2.45, 2.75) is 38.8 Å². The van der Waals surface area contributed by atoms with Crippen molar-refractivity contribution in [2.24, 2.45) is 0 Å². The molecular formula is C12H17NO2S. The average molecular weight is 239 g/mol. The molecular weight excluding hydrogens is 222 g/mol. The van der Waals surface area contributed by atoms with Gasteiger partial charge < -0.3 is 5.11 Å². The van der Waals surface area contributed by atoms with Crippen molar-refractivity contribution in [3.8, 4) is 0 Å². The number of carbonyl (C=O) groups is 1. The minimum Gasteiger partial charge on any atom is -0.481 e. The molecule has 0 spiro atoms. The zero-order valence-electron chi connectivity index (χ0n) is 9.64. The molecule has 0 saturated carbocycles. The van der Waals surface area contributed by atoms with Crippen LogP contribution in [0, 0.1) is 0 Å². The van der Waals surface area contributed by atoms with Gasteiger partial charge in [-0.15, -0.1) is 11.3 Å². The zero-order valence-corrected chi connectivity index (χ0v) is 10.5. The summed E-state index contributed by atoms with van der Waals surface area (Å²) in [5, 5.41) is 11.0. The van der Waals surface area contributed by atoms with Gasteiger partial charge in [0, 0.05) is 23.5 Å². The number of rotatable bonds is 3. The Bertz CT molecular complexity index is 388. The highest BCUT2D eigenvalue weighted by molar-refractivity contribution is 7.10. The van der Waals surface area contributed by atoms with E-state index in [0.717, 1.165) is 13.0 Å². The molecule has 0 amide bonds. The van der Waals surface area contributed by atoms with Gasteiger partial charge in [-0.3, -0.25) is 9.69 Å². The van der Waals surface area contributed by atoms with Crippen LogP contribution in [0.2, 0.25) is 0 Å². The highest BCUT2D eigenvalue weighted by atomic mass is 32.1. The van der Waals surface area contributed by atoms with Crippen molar-refractivity contribution in [3.05, 3.63) is 21.9 Å². The van der Waals surface area contributed by atoms with Gasteiger partial charge in [-0.25, -0.2) is 0 Å². The van der Waals surface area contributed by atoms with Gasteiger partial charge in [0.1, 0.15) is 0 Å². The van der Waals surface area contributed by atoms with Crippen molar-refractivity contribution >= 4 is 17.3 Å². The van der Waals surface area contributed by atoms with Crippen LogP contribution in [0.5, 0.6) is 0 Å². The molecule has 0 bridgehead atoms. The van der Waals surface area contributed by atoms with Gasteiger partial charge in [-0.05, 0) is 37.3 Å². The van der Waals surface area contributed by atoms with E-state index in [1.807, 2.05) is 18.3 Å². The van der Waals surface area contributed by atoms with Gasteiger partial charge in [0.15, 0.2) is 0 Å². The number of thiophene rings is 1. The summed E-state index contributed by atoms with van der Waals surface area (Å²) in [6, 6.07) is 2.63. The molecule has 0 saturated heterocycles. The minimum atomic E-state index is -0.712. The summed E-state index contributed by atoms with van der Waals surface area (Å²) in [6.45, 7) is 5.15. The lowest BCUT2D eigenvalue weighted by atomic mass is 9.99. The smallest absolute Gasteiger partial charge is 0.304 e. The standard InChI is InChI=1S/C12H17NO2S/c1-8(7-12(14)15)13-5-3-11-10(9(13)2)4-6-16-11/h4,6,8-9H,3,5,7H2,1-2H3,(H,14,15). The van der Waals surface area contributed by atoms with E-state index in [2.05, 4.69) is 23.3 Å². The van der Waals surface area contributed by atoms with Gasteiger partial charge in [0.05, 0.1) is 6.42 Å². The first-order chi connectivity index (χ1) is 7.59. The third-order valence-electron chi connectivity index (χ3n) is 3.36. The van der Waals surface area contributed by atoms with Crippen LogP contribution in [-0.4, -0.2) is 28.6 Å². The second kappa shape index (κ2) is 4.55. The molecule has 1 aromatic heterocycles. The van der Waals surface area contributed by atoms with Crippen LogP contribution in [0.15, 0.2) is 11.4 Å². The molecule has 88 valence electrons. The van der Waals surface area contributed by atoms with E-state index in [9.17, 15) is 4.79 Å². The first-order valence-electron chi connectivity index (χ1n) is 5.63. The molecule has 16 heavy (non-hydrogen) atoms. The van der Waals surface area contributed by atoms with Crippen LogP contribution in [0.1, 0.15) is 36.8 Å². The van der Waals surface area contributed by atoms with E-state index < -0.39 is 5.97 Å². The van der Waals surface area contributed by atoms with Gasteiger partial charge in [0.2, 0.25) is 0 Å². The van der Waals surface area contributed by atoms with Crippen LogP contribution in [0.4, 0.5) is 0 Å². The monoisotopic (exact) mass is 239 g/mol. The molecule has 0 aromatic carbocycles. The van der Waals surface area contributed by atoms with Crippen molar-refractivity contribution in [2.75, 3.05) is 6.54 Å². The molecule has 0 aliphatic carbocycles. The van der Waals surface area contributed by atoms with Crippen molar-refractivity contribution in [1.29, 1.82) is 0 Å². The molecule has 2 unspecified atom stereocenters. The number of hydrogen-bond donors (Lipinski definition) is 1. The molecule has 2 atom stereocenters. The van der Waals surface area contributed by atoms with Gasteiger partial charge in [0.25, 0.3) is 0 Å². The predicted molar refractivity (Wildman–Crippen MR) is 64.9 cm³/mol. The molecule has 2 heterocycles. The van der Waals surface area contributed by atoms with E-state index in [1.165, 1.54) is 10.4 Å². The number of hydrogen-bond acceptors (Lipinski definition) is 3. The second-order valence-corrected chi connectivity index (χ2v) is 5.41. The summed E-state index contributed by atoms with van der Waals surface area (Å²) < 4.78 is 0. The lowest BCUT2D eigenvalue weighted by molar-refractivity contribution is -0.138. The highest BCUT2D eigenvalue weighted by Gasteiger charge is 2.28. The van der Waals surface area contributed by atoms with E-state index >= 15 is 0 Å². The SMILES string of the molecule is CC(CC(=O)O)N1CCc2sccc2C1C. The topological polar surface area (TPSA) is 40.5 Å². The van der Waals surface area contributed by atoms with Crippen LogP contribution >= 0.6 is 11.3 Å². The summed E-state index contributed by atoms with van der Waals surface area (Å²) in [5.41, 5.74) is 1.38. The van der Waals surface area contributed by atoms with Crippen LogP contribution < -0.4 is 0 Å². The molecule has 1 N–H and O–H groups in total. The Morgan fingerprint density at radius 1 is 1.75 bits per heavy atom. The molecule has 0 radical (unpaired) electrons. The van der Waals surface area contributed by atoms with E-state index in [1.54, 1.807) is 0 Å². The molecule has 3 nitrogen and oxygen atoms in total. The summed E-state index contributed by atoms with van der Waals surface area (Å²) in [6.07, 6.45) is 1.28. The summed E-state index contributed by atoms with van der Waals surface area (Å²) in [4.78, 5) is 14.5. The molecule has 1 aromatic rings. The molecule has 1 aliphatic rings. The summed E-state index contributed by atoms with van der Waals surface area (Å²) in [5.74, 6) is -0.712. The third kappa shape index (κ3) is 2.13. The second-order valence-electron chi connectivity index (χ2n) is 4.41. The Balaban J connectivity index is 2.12. The van der Waals surface area contributed by atoms with Crippen molar-refractivity contribution in [3.63, 3.8) is 0 Å². The molecule has 1 aliphatic heterocycles. The molecule has 4 heteroatoms. The fourth-order valence-corrected chi connectivity index (χ4v) is 3.46. The zero-order chi connectivity index (χ0) is 11.7. The number of carboxylic acids is 1. The fraction of sp³-hybridized carbons (Fsp3) is 0.583. The largest absolute Gasteiger partial charge is 0.481 e. The summed E-state index contributed by atoms with van der Waals surface area (Å²) >= 11 is 1.81. The van der Waals surface area contributed by atoms with Gasteiger partial charge in [-0.2, -0.15) is 0 Å². The first kappa shape index (κ1) is 11.6. The minimum absolute atomic E-state index is 0.112.